The lowest BCUT2D eigenvalue weighted by molar-refractivity contribution is 0.0809. The molecule has 0 spiro atoms. The Morgan fingerprint density at radius 2 is 1.67 bits per heavy atom. The standard InChI is InChI=1S/C21H39NO2/c1-9-19(4,5)16-20(6,7)17-24-18(23)22-15-13-12-14-21(8,10-2)11-3/h1H,10-17H2,2-8H3,(H,22,23). The van der Waals surface area contributed by atoms with E-state index in [2.05, 4.69) is 45.9 Å². The summed E-state index contributed by atoms with van der Waals surface area (Å²) in [4.78, 5) is 11.8. The summed E-state index contributed by atoms with van der Waals surface area (Å²) < 4.78 is 5.37. The van der Waals surface area contributed by atoms with Crippen molar-refractivity contribution in [3.05, 3.63) is 0 Å². The average molecular weight is 338 g/mol. The van der Waals surface area contributed by atoms with E-state index in [-0.39, 0.29) is 16.9 Å². The molecule has 0 fully saturated rings. The number of hydrogen-bond donors (Lipinski definition) is 1. The molecule has 3 nitrogen and oxygen atoms in total. The summed E-state index contributed by atoms with van der Waals surface area (Å²) in [6, 6.07) is 0. The van der Waals surface area contributed by atoms with Crippen molar-refractivity contribution in [3.63, 3.8) is 0 Å². The van der Waals surface area contributed by atoms with Crippen molar-refractivity contribution in [2.75, 3.05) is 13.2 Å². The number of alkyl carbamates (subject to hydrolysis) is 1. The fourth-order valence-electron chi connectivity index (χ4n) is 3.08. The predicted octanol–water partition coefficient (Wildman–Crippen LogP) is 5.78. The van der Waals surface area contributed by atoms with Crippen molar-refractivity contribution in [2.24, 2.45) is 16.2 Å². The third kappa shape index (κ3) is 9.85. The van der Waals surface area contributed by atoms with Crippen molar-refractivity contribution < 1.29 is 9.53 Å². The molecule has 0 unspecified atom stereocenters. The zero-order valence-electron chi connectivity index (χ0n) is 17.1. The maximum Gasteiger partial charge on any atom is 0.407 e. The Balaban J connectivity index is 3.98. The molecule has 1 amide bonds. The van der Waals surface area contributed by atoms with Gasteiger partial charge in [0.2, 0.25) is 0 Å². The Morgan fingerprint density at radius 3 is 2.17 bits per heavy atom. The second kappa shape index (κ2) is 9.97. The predicted molar refractivity (Wildman–Crippen MR) is 103 cm³/mol. The molecule has 0 saturated carbocycles. The Labute approximate surface area is 150 Å². The molecule has 24 heavy (non-hydrogen) atoms. The number of carbonyl (C=O) groups is 1. The molecular formula is C21H39NO2. The van der Waals surface area contributed by atoms with Crippen LogP contribution < -0.4 is 5.32 Å². The van der Waals surface area contributed by atoms with E-state index in [0.717, 1.165) is 19.3 Å². The van der Waals surface area contributed by atoms with Crippen LogP contribution in [0.3, 0.4) is 0 Å². The topological polar surface area (TPSA) is 38.3 Å². The lowest BCUT2D eigenvalue weighted by atomic mass is 9.76. The van der Waals surface area contributed by atoms with Crippen molar-refractivity contribution in [2.45, 2.75) is 87.0 Å². The van der Waals surface area contributed by atoms with Crippen molar-refractivity contribution in [1.82, 2.24) is 5.32 Å². The van der Waals surface area contributed by atoms with Gasteiger partial charge in [-0.25, -0.2) is 4.79 Å². The molecule has 0 aromatic carbocycles. The summed E-state index contributed by atoms with van der Waals surface area (Å²) in [5, 5.41) is 2.85. The van der Waals surface area contributed by atoms with Gasteiger partial charge in [0.05, 0.1) is 6.61 Å². The first-order chi connectivity index (χ1) is 11.0. The van der Waals surface area contributed by atoms with Crippen molar-refractivity contribution >= 4 is 6.09 Å². The Bertz CT molecular complexity index is 414. The highest BCUT2D eigenvalue weighted by molar-refractivity contribution is 5.67. The van der Waals surface area contributed by atoms with E-state index in [1.807, 2.05) is 13.8 Å². The number of amides is 1. The normalized spacial score (nSPS) is 12.6. The highest BCUT2D eigenvalue weighted by atomic mass is 16.5. The van der Waals surface area contributed by atoms with Gasteiger partial charge in [0.1, 0.15) is 0 Å². The van der Waals surface area contributed by atoms with E-state index in [1.165, 1.54) is 19.3 Å². The first-order valence-electron chi connectivity index (χ1n) is 9.37. The van der Waals surface area contributed by atoms with Gasteiger partial charge in [-0.1, -0.05) is 53.9 Å². The van der Waals surface area contributed by atoms with Crippen LogP contribution in [0.5, 0.6) is 0 Å². The fraction of sp³-hybridized carbons (Fsp3) is 0.857. The summed E-state index contributed by atoms with van der Waals surface area (Å²) in [7, 11) is 0. The summed E-state index contributed by atoms with van der Waals surface area (Å²) in [5.74, 6) is 2.80. The van der Waals surface area contributed by atoms with E-state index >= 15 is 0 Å². The number of nitrogens with one attached hydrogen (secondary N) is 1. The molecule has 0 aromatic heterocycles. The van der Waals surface area contributed by atoms with Gasteiger partial charge < -0.3 is 10.1 Å². The molecule has 0 aromatic rings. The van der Waals surface area contributed by atoms with E-state index in [0.29, 0.717) is 18.6 Å². The third-order valence-corrected chi connectivity index (χ3v) is 5.09. The van der Waals surface area contributed by atoms with Gasteiger partial charge in [-0.15, -0.1) is 12.3 Å². The van der Waals surface area contributed by atoms with Crippen LogP contribution in [0.25, 0.3) is 0 Å². The lowest BCUT2D eigenvalue weighted by Crippen LogP contribution is -2.32. The number of terminal acetylenes is 1. The molecule has 0 bridgehead atoms. The Kier molecular flexibility index (Phi) is 9.48. The molecular weight excluding hydrogens is 298 g/mol. The zero-order valence-corrected chi connectivity index (χ0v) is 17.1. The molecule has 0 heterocycles. The monoisotopic (exact) mass is 337 g/mol. The highest BCUT2D eigenvalue weighted by Gasteiger charge is 2.28. The van der Waals surface area contributed by atoms with Crippen LogP contribution in [-0.4, -0.2) is 19.2 Å². The third-order valence-electron chi connectivity index (χ3n) is 5.09. The molecule has 0 aliphatic heterocycles. The van der Waals surface area contributed by atoms with E-state index in [1.54, 1.807) is 0 Å². The van der Waals surface area contributed by atoms with Gasteiger partial charge >= 0.3 is 6.09 Å². The zero-order chi connectivity index (χ0) is 18.9. The molecule has 0 radical (unpaired) electrons. The molecule has 1 N–H and O–H groups in total. The molecule has 0 aliphatic rings. The van der Waals surface area contributed by atoms with Gasteiger partial charge in [0.25, 0.3) is 0 Å². The first kappa shape index (κ1) is 22.8. The van der Waals surface area contributed by atoms with Gasteiger partial charge in [0.15, 0.2) is 0 Å². The molecule has 0 rings (SSSR count). The van der Waals surface area contributed by atoms with Crippen molar-refractivity contribution in [3.8, 4) is 12.3 Å². The second-order valence-corrected chi connectivity index (χ2v) is 8.85. The number of unbranched alkanes of at least 4 members (excludes halogenated alkanes) is 1. The molecule has 0 aliphatic carbocycles. The molecule has 140 valence electrons. The Morgan fingerprint density at radius 1 is 1.08 bits per heavy atom. The minimum absolute atomic E-state index is 0.128. The van der Waals surface area contributed by atoms with Crippen LogP contribution in [0.15, 0.2) is 0 Å². The van der Waals surface area contributed by atoms with Crippen LogP contribution in [0, 0.1) is 28.6 Å². The molecule has 3 heteroatoms. The van der Waals surface area contributed by atoms with E-state index < -0.39 is 0 Å². The summed E-state index contributed by atoms with van der Waals surface area (Å²) in [6.45, 7) is 16.1. The van der Waals surface area contributed by atoms with Gasteiger partial charge in [0, 0.05) is 17.4 Å². The quantitative estimate of drug-likeness (QED) is 0.383. The van der Waals surface area contributed by atoms with Crippen LogP contribution in [0.4, 0.5) is 4.79 Å². The minimum atomic E-state index is -0.324. The number of carbonyl (C=O) groups excluding carboxylic acids is 1. The van der Waals surface area contributed by atoms with Gasteiger partial charge in [-0.05, 0) is 38.5 Å². The van der Waals surface area contributed by atoms with Gasteiger partial charge in [-0.2, -0.15) is 0 Å². The summed E-state index contributed by atoms with van der Waals surface area (Å²) in [6.07, 6.45) is 11.8. The highest BCUT2D eigenvalue weighted by Crippen LogP contribution is 2.33. The van der Waals surface area contributed by atoms with Crippen LogP contribution in [0.2, 0.25) is 0 Å². The summed E-state index contributed by atoms with van der Waals surface area (Å²) in [5.41, 5.74) is 0.125. The lowest BCUT2D eigenvalue weighted by Gasteiger charge is -2.31. The van der Waals surface area contributed by atoms with Gasteiger partial charge in [-0.3, -0.25) is 0 Å². The Hall–Kier alpha value is -1.17. The van der Waals surface area contributed by atoms with E-state index in [9.17, 15) is 4.79 Å². The molecule has 0 saturated heterocycles. The maximum atomic E-state index is 11.8. The second-order valence-electron chi connectivity index (χ2n) is 8.85. The van der Waals surface area contributed by atoms with Crippen LogP contribution in [-0.2, 0) is 4.74 Å². The number of rotatable bonds is 11. The fourth-order valence-corrected chi connectivity index (χ4v) is 3.08. The molecule has 0 atom stereocenters. The smallest absolute Gasteiger partial charge is 0.407 e. The maximum absolute atomic E-state index is 11.8. The number of ether oxygens (including phenoxy) is 1. The average Bonchev–Trinajstić information content (AvgIpc) is 2.51. The van der Waals surface area contributed by atoms with E-state index in [4.69, 9.17) is 11.2 Å². The SMILES string of the molecule is C#CC(C)(C)CC(C)(C)COC(=O)NCCCCC(C)(CC)CC. The van der Waals surface area contributed by atoms with Crippen molar-refractivity contribution in [1.29, 1.82) is 0 Å². The summed E-state index contributed by atoms with van der Waals surface area (Å²) >= 11 is 0. The largest absolute Gasteiger partial charge is 0.449 e. The minimum Gasteiger partial charge on any atom is -0.449 e. The first-order valence-corrected chi connectivity index (χ1v) is 9.37. The number of hydrogen-bond acceptors (Lipinski definition) is 2. The van der Waals surface area contributed by atoms with Crippen LogP contribution in [0.1, 0.15) is 87.0 Å². The van der Waals surface area contributed by atoms with Crippen LogP contribution >= 0.6 is 0 Å².